The first kappa shape index (κ1) is 15.8. The average molecular weight is 358 g/mol. The van der Waals surface area contributed by atoms with Crippen molar-refractivity contribution >= 4 is 33.4 Å². The molecule has 21 heavy (non-hydrogen) atoms. The first-order valence-corrected chi connectivity index (χ1v) is 7.53. The van der Waals surface area contributed by atoms with Crippen LogP contribution in [0.4, 0.5) is 10.1 Å². The number of amides is 1. The molecule has 0 saturated heterocycles. The number of anilines is 1. The van der Waals surface area contributed by atoms with Crippen molar-refractivity contribution < 1.29 is 14.4 Å². The number of benzene rings is 1. The van der Waals surface area contributed by atoms with E-state index in [0.717, 1.165) is 19.3 Å². The summed E-state index contributed by atoms with van der Waals surface area (Å²) in [6, 6.07) is 4.38. The molecule has 5 nitrogen and oxygen atoms in total. The molecule has 1 saturated carbocycles. The van der Waals surface area contributed by atoms with Crippen molar-refractivity contribution in [3.8, 4) is 0 Å². The minimum atomic E-state index is -1.06. The van der Waals surface area contributed by atoms with Gasteiger partial charge in [0.25, 0.3) is 0 Å². The van der Waals surface area contributed by atoms with E-state index in [1.807, 2.05) is 0 Å². The fourth-order valence-corrected chi connectivity index (χ4v) is 3.02. The maximum atomic E-state index is 13.8. The van der Waals surface area contributed by atoms with Gasteiger partial charge in [-0.05, 0) is 31.0 Å². The van der Waals surface area contributed by atoms with Gasteiger partial charge in [0.1, 0.15) is 11.2 Å². The van der Waals surface area contributed by atoms with Gasteiger partial charge in [0.05, 0.1) is 5.69 Å². The van der Waals surface area contributed by atoms with Crippen LogP contribution in [0.5, 0.6) is 0 Å². The smallest absolute Gasteiger partial charge is 0.238 e. The Hall–Kier alpha value is -1.63. The molecule has 0 bridgehead atoms. The largest absolute Gasteiger partial charge is 0.409 e. The highest BCUT2D eigenvalue weighted by Gasteiger charge is 2.44. The monoisotopic (exact) mass is 357 g/mol. The Morgan fingerprint density at radius 3 is 2.62 bits per heavy atom. The van der Waals surface area contributed by atoms with Gasteiger partial charge in [-0.25, -0.2) is 4.39 Å². The van der Waals surface area contributed by atoms with Crippen LogP contribution in [0.2, 0.25) is 0 Å². The molecule has 2 rings (SSSR count). The number of halogens is 2. The summed E-state index contributed by atoms with van der Waals surface area (Å²) in [5, 5.41) is 14.5. The van der Waals surface area contributed by atoms with Crippen molar-refractivity contribution in [2.24, 2.45) is 16.3 Å². The molecule has 0 aromatic heterocycles. The lowest BCUT2D eigenvalue weighted by molar-refractivity contribution is -0.123. The second-order valence-corrected chi connectivity index (χ2v) is 6.12. The zero-order valence-corrected chi connectivity index (χ0v) is 13.0. The van der Waals surface area contributed by atoms with E-state index in [4.69, 9.17) is 10.9 Å². The standard InChI is InChI=1S/C14H17BrFN3O2/c15-9-4-5-11(10(16)8-9)18-13(20)14(12(17)19-21)6-2-1-3-7-14/h4-5,8,21H,1-3,6-7H2,(H2,17,19)(H,18,20). The zero-order chi connectivity index (χ0) is 15.5. The van der Waals surface area contributed by atoms with E-state index in [-0.39, 0.29) is 11.5 Å². The highest BCUT2D eigenvalue weighted by molar-refractivity contribution is 9.10. The predicted octanol–water partition coefficient (Wildman–Crippen LogP) is 3.22. The van der Waals surface area contributed by atoms with Crippen LogP contribution in [-0.2, 0) is 4.79 Å². The molecule has 1 aromatic carbocycles. The molecule has 0 atom stereocenters. The highest BCUT2D eigenvalue weighted by atomic mass is 79.9. The number of carbonyl (C=O) groups is 1. The van der Waals surface area contributed by atoms with Gasteiger partial charge >= 0.3 is 0 Å². The fraction of sp³-hybridized carbons (Fsp3) is 0.429. The summed E-state index contributed by atoms with van der Waals surface area (Å²) in [5.41, 5.74) is 4.76. The minimum absolute atomic E-state index is 0.0823. The van der Waals surface area contributed by atoms with Crippen LogP contribution in [0.15, 0.2) is 27.8 Å². The molecule has 4 N–H and O–H groups in total. The summed E-state index contributed by atoms with van der Waals surface area (Å²) in [6.07, 6.45) is 3.61. The molecule has 1 aliphatic rings. The normalized spacial score (nSPS) is 18.3. The van der Waals surface area contributed by atoms with Crippen molar-refractivity contribution in [1.29, 1.82) is 0 Å². The Morgan fingerprint density at radius 1 is 1.38 bits per heavy atom. The topological polar surface area (TPSA) is 87.7 Å². The number of amidine groups is 1. The van der Waals surface area contributed by atoms with Gasteiger partial charge in [-0.2, -0.15) is 0 Å². The summed E-state index contributed by atoms with van der Waals surface area (Å²) in [4.78, 5) is 12.6. The molecule has 1 aromatic rings. The quantitative estimate of drug-likeness (QED) is 0.336. The maximum Gasteiger partial charge on any atom is 0.238 e. The number of carbonyl (C=O) groups excluding carboxylic acids is 1. The summed E-state index contributed by atoms with van der Waals surface area (Å²) in [7, 11) is 0. The van der Waals surface area contributed by atoms with Gasteiger partial charge in [-0.3, -0.25) is 4.79 Å². The van der Waals surface area contributed by atoms with Crippen LogP contribution in [0.1, 0.15) is 32.1 Å². The Kier molecular flexibility index (Phi) is 4.82. The Balaban J connectivity index is 2.27. The lowest BCUT2D eigenvalue weighted by atomic mass is 9.72. The second-order valence-electron chi connectivity index (χ2n) is 5.21. The van der Waals surface area contributed by atoms with E-state index in [1.54, 1.807) is 6.07 Å². The van der Waals surface area contributed by atoms with Gasteiger partial charge in [-0.15, -0.1) is 0 Å². The average Bonchev–Trinajstić information content (AvgIpc) is 2.49. The van der Waals surface area contributed by atoms with E-state index in [2.05, 4.69) is 26.4 Å². The molecule has 1 amide bonds. The van der Waals surface area contributed by atoms with Gasteiger partial charge in [0, 0.05) is 4.47 Å². The Morgan fingerprint density at radius 2 is 2.05 bits per heavy atom. The molecule has 0 radical (unpaired) electrons. The van der Waals surface area contributed by atoms with E-state index in [9.17, 15) is 9.18 Å². The number of hydrogen-bond acceptors (Lipinski definition) is 3. The lowest BCUT2D eigenvalue weighted by Crippen LogP contribution is -2.48. The van der Waals surface area contributed by atoms with Gasteiger partial charge in [0.2, 0.25) is 5.91 Å². The van der Waals surface area contributed by atoms with Gasteiger partial charge < -0.3 is 16.3 Å². The fourth-order valence-electron chi connectivity index (χ4n) is 2.68. The highest BCUT2D eigenvalue weighted by Crippen LogP contribution is 2.38. The number of nitrogens with one attached hydrogen (secondary N) is 1. The number of nitrogens with two attached hydrogens (primary N) is 1. The van der Waals surface area contributed by atoms with Crippen LogP contribution in [-0.4, -0.2) is 17.0 Å². The minimum Gasteiger partial charge on any atom is -0.409 e. The van der Waals surface area contributed by atoms with E-state index in [1.165, 1.54) is 12.1 Å². The lowest BCUT2D eigenvalue weighted by Gasteiger charge is -2.34. The molecule has 0 aliphatic heterocycles. The summed E-state index contributed by atoms with van der Waals surface area (Å²) >= 11 is 3.16. The van der Waals surface area contributed by atoms with Crippen molar-refractivity contribution in [1.82, 2.24) is 0 Å². The summed E-state index contributed by atoms with van der Waals surface area (Å²) in [5.74, 6) is -1.08. The molecule has 1 fully saturated rings. The Bertz CT molecular complexity index is 571. The number of oxime groups is 1. The van der Waals surface area contributed by atoms with Crippen LogP contribution >= 0.6 is 15.9 Å². The SMILES string of the molecule is NC(=NO)C1(C(=O)Nc2ccc(Br)cc2F)CCCCC1. The summed E-state index contributed by atoms with van der Waals surface area (Å²) in [6.45, 7) is 0. The molecule has 0 heterocycles. The first-order valence-electron chi connectivity index (χ1n) is 6.74. The van der Waals surface area contributed by atoms with Gasteiger partial charge in [0.15, 0.2) is 5.84 Å². The van der Waals surface area contributed by atoms with E-state index >= 15 is 0 Å². The molecule has 0 spiro atoms. The van der Waals surface area contributed by atoms with Crippen LogP contribution in [0, 0.1) is 11.2 Å². The number of hydrogen-bond donors (Lipinski definition) is 3. The van der Waals surface area contributed by atoms with Crippen LogP contribution in [0.3, 0.4) is 0 Å². The zero-order valence-electron chi connectivity index (χ0n) is 11.4. The first-order chi connectivity index (χ1) is 9.99. The third-order valence-electron chi connectivity index (χ3n) is 3.92. The number of rotatable bonds is 3. The summed E-state index contributed by atoms with van der Waals surface area (Å²) < 4.78 is 14.4. The van der Waals surface area contributed by atoms with Crippen molar-refractivity contribution in [3.63, 3.8) is 0 Å². The van der Waals surface area contributed by atoms with Crippen molar-refractivity contribution in [2.75, 3.05) is 5.32 Å². The molecular formula is C14H17BrFN3O2. The van der Waals surface area contributed by atoms with E-state index in [0.29, 0.717) is 17.3 Å². The molecule has 0 unspecified atom stereocenters. The third-order valence-corrected chi connectivity index (χ3v) is 4.41. The third kappa shape index (κ3) is 3.18. The second kappa shape index (κ2) is 6.43. The molecule has 7 heteroatoms. The Labute approximate surface area is 130 Å². The molecule has 114 valence electrons. The predicted molar refractivity (Wildman–Crippen MR) is 81.7 cm³/mol. The van der Waals surface area contributed by atoms with Gasteiger partial charge in [-0.1, -0.05) is 40.3 Å². The van der Waals surface area contributed by atoms with Crippen LogP contribution < -0.4 is 11.1 Å². The maximum absolute atomic E-state index is 13.8. The van der Waals surface area contributed by atoms with Crippen molar-refractivity contribution in [3.05, 3.63) is 28.5 Å². The molecular weight excluding hydrogens is 341 g/mol. The van der Waals surface area contributed by atoms with Crippen LogP contribution in [0.25, 0.3) is 0 Å². The number of nitrogens with zero attached hydrogens (tertiary/aromatic N) is 1. The van der Waals surface area contributed by atoms with E-state index < -0.39 is 17.1 Å². The molecule has 1 aliphatic carbocycles. The van der Waals surface area contributed by atoms with Crippen molar-refractivity contribution in [2.45, 2.75) is 32.1 Å².